The molecule has 1 unspecified atom stereocenters. The van der Waals surface area contributed by atoms with Crippen LogP contribution in [0.25, 0.3) is 0 Å². The first-order chi connectivity index (χ1) is 7.51. The number of hydrogen-bond donors (Lipinski definition) is 1. The van der Waals surface area contributed by atoms with Gasteiger partial charge in [0, 0.05) is 19.6 Å². The molecule has 2 rings (SSSR count). The van der Waals surface area contributed by atoms with Crippen molar-refractivity contribution in [1.29, 1.82) is 0 Å². The van der Waals surface area contributed by atoms with Gasteiger partial charge >= 0.3 is 0 Å². The highest BCUT2D eigenvalue weighted by molar-refractivity contribution is 7.93. The smallest absolute Gasteiger partial charge is 0.239 e. The first kappa shape index (κ1) is 12.2. The van der Waals surface area contributed by atoms with E-state index >= 15 is 0 Å². The lowest BCUT2D eigenvalue weighted by atomic mass is 10.4. The second-order valence-electron chi connectivity index (χ2n) is 3.71. The number of nitrogens with zero attached hydrogens (tertiary/aromatic N) is 1. The number of rotatable bonds is 1. The van der Waals surface area contributed by atoms with Crippen molar-refractivity contribution in [3.63, 3.8) is 0 Å². The summed E-state index contributed by atoms with van der Waals surface area (Å²) in [5.41, 5.74) is 0. The maximum absolute atomic E-state index is 12.2. The Morgan fingerprint density at radius 3 is 2.94 bits per heavy atom. The average Bonchev–Trinajstić information content (AvgIpc) is 2.58. The summed E-state index contributed by atoms with van der Waals surface area (Å²) in [6.45, 7) is 3.34. The van der Waals surface area contributed by atoms with Crippen molar-refractivity contribution in [2.45, 2.75) is 12.2 Å². The first-order valence-corrected chi connectivity index (χ1v) is 7.69. The van der Waals surface area contributed by atoms with E-state index in [1.54, 1.807) is 19.1 Å². The maximum Gasteiger partial charge on any atom is 0.239 e. The summed E-state index contributed by atoms with van der Waals surface area (Å²) in [5.74, 6) is 0. The summed E-state index contributed by atoms with van der Waals surface area (Å²) in [7, 11) is -3.26. The Kier molecular flexibility index (Phi) is 3.44. The van der Waals surface area contributed by atoms with Crippen LogP contribution in [0.4, 0.5) is 5.00 Å². The standard InChI is InChI=1S/C9H13ClN2O2S2/c1-7-6-11-4-5-12(16(7,13)14)9-3-2-8(10)15-9/h2-3,7,11H,4-6H2,1H3. The van der Waals surface area contributed by atoms with E-state index < -0.39 is 15.3 Å². The molecule has 1 saturated heterocycles. The lowest BCUT2D eigenvalue weighted by Gasteiger charge is -2.22. The fourth-order valence-corrected chi connectivity index (χ4v) is 4.42. The highest BCUT2D eigenvalue weighted by Gasteiger charge is 2.31. The molecule has 0 bridgehead atoms. The summed E-state index contributed by atoms with van der Waals surface area (Å²) in [6.07, 6.45) is 0. The predicted molar refractivity (Wildman–Crippen MR) is 67.9 cm³/mol. The molecule has 7 heteroatoms. The number of thiophene rings is 1. The zero-order valence-electron chi connectivity index (χ0n) is 8.81. The van der Waals surface area contributed by atoms with E-state index in [1.807, 2.05) is 0 Å². The average molecular weight is 281 g/mol. The van der Waals surface area contributed by atoms with Crippen molar-refractivity contribution in [2.24, 2.45) is 0 Å². The SMILES string of the molecule is CC1CNCCN(c2ccc(Cl)s2)S1(=O)=O. The highest BCUT2D eigenvalue weighted by Crippen LogP contribution is 2.32. The van der Waals surface area contributed by atoms with Gasteiger partial charge in [0.1, 0.15) is 5.00 Å². The van der Waals surface area contributed by atoms with Crippen LogP contribution < -0.4 is 9.62 Å². The topological polar surface area (TPSA) is 49.4 Å². The molecule has 0 radical (unpaired) electrons. The Hall–Kier alpha value is -0.300. The molecule has 0 aromatic carbocycles. The van der Waals surface area contributed by atoms with Crippen LogP contribution in [-0.2, 0) is 10.0 Å². The molecule has 1 aliphatic heterocycles. The molecule has 1 aromatic rings. The third-order valence-electron chi connectivity index (χ3n) is 2.54. The number of sulfonamides is 1. The molecule has 90 valence electrons. The molecule has 1 fully saturated rings. The Balaban J connectivity index is 2.38. The molecule has 4 nitrogen and oxygen atoms in total. The zero-order chi connectivity index (χ0) is 11.8. The molecular formula is C9H13ClN2O2S2. The fourth-order valence-electron chi connectivity index (χ4n) is 1.61. The van der Waals surface area contributed by atoms with Gasteiger partial charge < -0.3 is 5.32 Å². The highest BCUT2D eigenvalue weighted by atomic mass is 35.5. The third kappa shape index (κ3) is 2.20. The van der Waals surface area contributed by atoms with E-state index in [0.29, 0.717) is 29.0 Å². The van der Waals surface area contributed by atoms with Crippen LogP contribution in [0, 0.1) is 0 Å². The van der Waals surface area contributed by atoms with Gasteiger partial charge in [-0.25, -0.2) is 8.42 Å². The molecule has 0 spiro atoms. The van der Waals surface area contributed by atoms with E-state index in [2.05, 4.69) is 5.32 Å². The van der Waals surface area contributed by atoms with Crippen molar-refractivity contribution in [2.75, 3.05) is 23.9 Å². The molecule has 1 aromatic heterocycles. The van der Waals surface area contributed by atoms with Gasteiger partial charge in [-0.15, -0.1) is 11.3 Å². The molecular weight excluding hydrogens is 268 g/mol. The molecule has 1 aliphatic rings. The van der Waals surface area contributed by atoms with E-state index in [0.717, 1.165) is 0 Å². The van der Waals surface area contributed by atoms with Crippen LogP contribution in [0.2, 0.25) is 4.34 Å². The van der Waals surface area contributed by atoms with E-state index in [1.165, 1.54) is 15.6 Å². The van der Waals surface area contributed by atoms with Gasteiger partial charge in [0.05, 0.1) is 9.59 Å². The number of nitrogens with one attached hydrogen (secondary N) is 1. The van der Waals surface area contributed by atoms with Gasteiger partial charge in [0.2, 0.25) is 10.0 Å². The van der Waals surface area contributed by atoms with Crippen LogP contribution in [0.5, 0.6) is 0 Å². The van der Waals surface area contributed by atoms with Crippen molar-refractivity contribution in [3.05, 3.63) is 16.5 Å². The normalized spacial score (nSPS) is 25.4. The zero-order valence-corrected chi connectivity index (χ0v) is 11.2. The monoisotopic (exact) mass is 280 g/mol. The minimum absolute atomic E-state index is 0.407. The van der Waals surface area contributed by atoms with Gasteiger partial charge in [-0.2, -0.15) is 0 Å². The Bertz CT molecular complexity index is 472. The molecule has 2 heterocycles. The number of hydrogen-bond acceptors (Lipinski definition) is 4. The van der Waals surface area contributed by atoms with Crippen molar-refractivity contribution in [1.82, 2.24) is 5.32 Å². The van der Waals surface area contributed by atoms with Crippen molar-refractivity contribution in [3.8, 4) is 0 Å². The predicted octanol–water partition coefficient (Wildman–Crippen LogP) is 1.53. The minimum Gasteiger partial charge on any atom is -0.314 e. The van der Waals surface area contributed by atoms with Crippen LogP contribution in [0.3, 0.4) is 0 Å². The quantitative estimate of drug-likeness (QED) is 0.849. The second-order valence-corrected chi connectivity index (χ2v) is 7.68. The van der Waals surface area contributed by atoms with Gasteiger partial charge in [0.15, 0.2) is 0 Å². The summed E-state index contributed by atoms with van der Waals surface area (Å²) in [4.78, 5) is 0. The van der Waals surface area contributed by atoms with Crippen LogP contribution in [0.15, 0.2) is 12.1 Å². The van der Waals surface area contributed by atoms with Gasteiger partial charge in [-0.05, 0) is 19.1 Å². The largest absolute Gasteiger partial charge is 0.314 e. The molecule has 0 aliphatic carbocycles. The number of halogens is 1. The molecule has 16 heavy (non-hydrogen) atoms. The minimum atomic E-state index is -3.26. The van der Waals surface area contributed by atoms with Crippen LogP contribution in [0.1, 0.15) is 6.92 Å². The number of anilines is 1. The van der Waals surface area contributed by atoms with Gasteiger partial charge in [0.25, 0.3) is 0 Å². The fraction of sp³-hybridized carbons (Fsp3) is 0.556. The first-order valence-electron chi connectivity index (χ1n) is 4.99. The van der Waals surface area contributed by atoms with E-state index in [4.69, 9.17) is 11.6 Å². The summed E-state index contributed by atoms with van der Waals surface area (Å²) in [6, 6.07) is 3.47. The molecule has 1 N–H and O–H groups in total. The Morgan fingerprint density at radius 1 is 1.56 bits per heavy atom. The van der Waals surface area contributed by atoms with Gasteiger partial charge in [-0.3, -0.25) is 4.31 Å². The van der Waals surface area contributed by atoms with Crippen molar-refractivity contribution < 1.29 is 8.42 Å². The van der Waals surface area contributed by atoms with Crippen LogP contribution >= 0.6 is 22.9 Å². The molecule has 0 saturated carbocycles. The Morgan fingerprint density at radius 2 is 2.31 bits per heavy atom. The van der Waals surface area contributed by atoms with Gasteiger partial charge in [-0.1, -0.05) is 11.6 Å². The molecule has 0 amide bonds. The Labute approximate surface area is 104 Å². The summed E-state index contributed by atoms with van der Waals surface area (Å²) in [5, 5.41) is 3.40. The maximum atomic E-state index is 12.2. The molecule has 1 atom stereocenters. The lowest BCUT2D eigenvalue weighted by Crippen LogP contribution is -2.37. The summed E-state index contributed by atoms with van der Waals surface area (Å²) < 4.78 is 26.4. The van der Waals surface area contributed by atoms with E-state index in [-0.39, 0.29) is 0 Å². The van der Waals surface area contributed by atoms with Crippen molar-refractivity contribution >= 4 is 38.0 Å². The lowest BCUT2D eigenvalue weighted by molar-refractivity contribution is 0.581. The summed E-state index contributed by atoms with van der Waals surface area (Å²) >= 11 is 7.12. The second kappa shape index (κ2) is 4.52. The van der Waals surface area contributed by atoms with Crippen LogP contribution in [-0.4, -0.2) is 33.3 Å². The van der Waals surface area contributed by atoms with E-state index in [9.17, 15) is 8.42 Å². The third-order valence-corrected chi connectivity index (χ3v) is 6.09.